The van der Waals surface area contributed by atoms with Crippen molar-refractivity contribution in [1.29, 1.82) is 0 Å². The monoisotopic (exact) mass is 343 g/mol. The molecule has 1 aromatic heterocycles. The van der Waals surface area contributed by atoms with Crippen molar-refractivity contribution in [2.75, 3.05) is 18.1 Å². The van der Waals surface area contributed by atoms with Crippen LogP contribution in [0, 0.1) is 6.92 Å². The van der Waals surface area contributed by atoms with Crippen LogP contribution in [-0.4, -0.2) is 43.1 Å². The van der Waals surface area contributed by atoms with Crippen LogP contribution in [0.3, 0.4) is 0 Å². The summed E-state index contributed by atoms with van der Waals surface area (Å²) >= 11 is 0. The highest BCUT2D eigenvalue weighted by molar-refractivity contribution is 7.91. The van der Waals surface area contributed by atoms with Gasteiger partial charge in [-0.05, 0) is 25.8 Å². The van der Waals surface area contributed by atoms with Gasteiger partial charge in [0.05, 0.1) is 22.7 Å². The van der Waals surface area contributed by atoms with E-state index in [-0.39, 0.29) is 42.2 Å². The average molecular weight is 343 g/mol. The Labute approximate surface area is 137 Å². The number of hydrogen-bond acceptors (Lipinski definition) is 5. The fourth-order valence-corrected chi connectivity index (χ4v) is 4.10. The molecule has 7 heteroatoms. The summed E-state index contributed by atoms with van der Waals surface area (Å²) in [5.74, 6) is 0.855. The molecule has 0 atom stereocenters. The lowest BCUT2D eigenvalue weighted by molar-refractivity contribution is 0.0296. The topological polar surface area (TPSA) is 96.6 Å². The van der Waals surface area contributed by atoms with Crippen molar-refractivity contribution in [2.24, 2.45) is 0 Å². The zero-order valence-electron chi connectivity index (χ0n) is 14.1. The molecule has 0 saturated carbocycles. The third-order valence-corrected chi connectivity index (χ3v) is 5.89. The van der Waals surface area contributed by atoms with Crippen LogP contribution in [0.15, 0.2) is 10.5 Å². The van der Waals surface area contributed by atoms with E-state index in [1.165, 1.54) is 0 Å². The van der Waals surface area contributed by atoms with Crippen LogP contribution in [0.25, 0.3) is 0 Å². The van der Waals surface area contributed by atoms with Crippen LogP contribution < -0.4 is 5.32 Å². The van der Waals surface area contributed by atoms with Crippen LogP contribution in [0.4, 0.5) is 0 Å². The van der Waals surface area contributed by atoms with Gasteiger partial charge in [0.25, 0.3) is 5.91 Å². The van der Waals surface area contributed by atoms with Gasteiger partial charge in [0.2, 0.25) is 0 Å². The molecule has 1 aromatic rings. The van der Waals surface area contributed by atoms with E-state index < -0.39 is 15.4 Å². The largest absolute Gasteiger partial charge is 0.465 e. The first-order valence-corrected chi connectivity index (χ1v) is 9.56. The molecular weight excluding hydrogens is 318 g/mol. The Bertz CT molecular complexity index is 683. The Morgan fingerprint density at radius 1 is 1.35 bits per heavy atom. The van der Waals surface area contributed by atoms with Gasteiger partial charge in [-0.15, -0.1) is 0 Å². The third-order valence-electron chi connectivity index (χ3n) is 4.24. The first kappa shape index (κ1) is 18.0. The molecule has 1 fully saturated rings. The molecule has 0 radical (unpaired) electrons. The quantitative estimate of drug-likeness (QED) is 0.868. The summed E-state index contributed by atoms with van der Waals surface area (Å²) in [7, 11) is -3.05. The molecule has 1 aliphatic rings. The number of furan rings is 1. The lowest BCUT2D eigenvalue weighted by Gasteiger charge is -2.31. The maximum absolute atomic E-state index is 12.3. The molecule has 2 N–H and O–H groups in total. The molecule has 0 bridgehead atoms. The van der Waals surface area contributed by atoms with Crippen molar-refractivity contribution in [3.8, 4) is 0 Å². The van der Waals surface area contributed by atoms with Crippen LogP contribution in [-0.2, 0) is 15.3 Å². The minimum atomic E-state index is -3.05. The predicted molar refractivity (Wildman–Crippen MR) is 87.3 cm³/mol. The number of nitrogens with one attached hydrogen (secondary N) is 1. The molecule has 2 rings (SSSR count). The molecule has 1 aliphatic heterocycles. The maximum atomic E-state index is 12.3. The molecule has 0 unspecified atom stereocenters. The molecule has 0 spiro atoms. The van der Waals surface area contributed by atoms with E-state index in [1.54, 1.807) is 13.0 Å². The van der Waals surface area contributed by atoms with Crippen molar-refractivity contribution in [2.45, 2.75) is 51.6 Å². The zero-order chi connectivity index (χ0) is 17.5. The second-order valence-electron chi connectivity index (χ2n) is 7.39. The highest BCUT2D eigenvalue weighted by atomic mass is 32.2. The van der Waals surface area contributed by atoms with Crippen LogP contribution in [0.1, 0.15) is 55.5 Å². The Balaban J connectivity index is 2.02. The van der Waals surface area contributed by atoms with Gasteiger partial charge in [-0.2, -0.15) is 0 Å². The number of aliphatic hydroxyl groups is 1. The van der Waals surface area contributed by atoms with Crippen LogP contribution in [0.5, 0.6) is 0 Å². The smallest absolute Gasteiger partial charge is 0.254 e. The van der Waals surface area contributed by atoms with Gasteiger partial charge in [0.15, 0.2) is 9.84 Å². The van der Waals surface area contributed by atoms with Crippen molar-refractivity contribution in [3.05, 3.63) is 23.2 Å². The summed E-state index contributed by atoms with van der Waals surface area (Å²) in [6.45, 7) is 7.76. The summed E-state index contributed by atoms with van der Waals surface area (Å²) < 4.78 is 28.5. The van der Waals surface area contributed by atoms with Crippen molar-refractivity contribution in [3.63, 3.8) is 0 Å². The van der Waals surface area contributed by atoms with Gasteiger partial charge in [-0.25, -0.2) is 8.42 Å². The van der Waals surface area contributed by atoms with Crippen LogP contribution in [0.2, 0.25) is 0 Å². The normalized spacial score (nSPS) is 20.2. The highest BCUT2D eigenvalue weighted by Crippen LogP contribution is 2.27. The van der Waals surface area contributed by atoms with Crippen LogP contribution >= 0.6 is 0 Å². The fraction of sp³-hybridized carbons (Fsp3) is 0.688. The standard InChI is InChI=1S/C16H25NO5S/c1-11-12(9-13(22-11)15(2,3)4)14(18)17-10-16(19)5-7-23(20,21)8-6-16/h9,19H,5-8,10H2,1-4H3,(H,17,18). The van der Waals surface area contributed by atoms with E-state index in [4.69, 9.17) is 4.42 Å². The lowest BCUT2D eigenvalue weighted by atomic mass is 9.93. The van der Waals surface area contributed by atoms with E-state index in [2.05, 4.69) is 5.32 Å². The van der Waals surface area contributed by atoms with E-state index in [0.717, 1.165) is 5.76 Å². The zero-order valence-corrected chi connectivity index (χ0v) is 14.9. The number of sulfone groups is 1. The van der Waals surface area contributed by atoms with E-state index in [1.807, 2.05) is 20.8 Å². The summed E-state index contributed by atoms with van der Waals surface area (Å²) in [5, 5.41) is 13.1. The molecule has 2 heterocycles. The second kappa shape index (κ2) is 5.94. The number of amides is 1. The molecule has 0 aliphatic carbocycles. The van der Waals surface area contributed by atoms with E-state index >= 15 is 0 Å². The SMILES string of the molecule is Cc1oc(C(C)(C)C)cc1C(=O)NCC1(O)CCS(=O)(=O)CC1. The number of carbonyl (C=O) groups is 1. The Kier molecular flexibility index (Phi) is 4.65. The Hall–Kier alpha value is -1.34. The number of aryl methyl sites for hydroxylation is 1. The number of carbonyl (C=O) groups excluding carboxylic acids is 1. The number of rotatable bonds is 3. The first-order valence-electron chi connectivity index (χ1n) is 7.74. The molecule has 1 saturated heterocycles. The highest BCUT2D eigenvalue weighted by Gasteiger charge is 2.36. The Morgan fingerprint density at radius 3 is 2.39 bits per heavy atom. The second-order valence-corrected chi connectivity index (χ2v) is 9.69. The number of hydrogen-bond donors (Lipinski definition) is 2. The van der Waals surface area contributed by atoms with E-state index in [9.17, 15) is 18.3 Å². The van der Waals surface area contributed by atoms with Gasteiger partial charge < -0.3 is 14.8 Å². The maximum Gasteiger partial charge on any atom is 0.254 e. The molecular formula is C16H25NO5S. The van der Waals surface area contributed by atoms with Crippen molar-refractivity contribution >= 4 is 15.7 Å². The van der Waals surface area contributed by atoms with Gasteiger partial charge in [-0.1, -0.05) is 20.8 Å². The van der Waals surface area contributed by atoms with E-state index in [0.29, 0.717) is 11.3 Å². The molecule has 23 heavy (non-hydrogen) atoms. The lowest BCUT2D eigenvalue weighted by Crippen LogP contribution is -2.48. The van der Waals surface area contributed by atoms with Gasteiger partial charge in [-0.3, -0.25) is 4.79 Å². The third kappa shape index (κ3) is 4.35. The van der Waals surface area contributed by atoms with Crippen molar-refractivity contribution in [1.82, 2.24) is 5.32 Å². The summed E-state index contributed by atoms with van der Waals surface area (Å²) in [6.07, 6.45) is 0.292. The first-order chi connectivity index (χ1) is 10.4. The summed E-state index contributed by atoms with van der Waals surface area (Å²) in [4.78, 5) is 12.3. The van der Waals surface area contributed by atoms with Gasteiger partial charge >= 0.3 is 0 Å². The predicted octanol–water partition coefficient (Wildman–Crippen LogP) is 1.56. The molecule has 1 amide bonds. The Morgan fingerprint density at radius 2 is 1.91 bits per heavy atom. The average Bonchev–Trinajstić information content (AvgIpc) is 2.83. The van der Waals surface area contributed by atoms with Gasteiger partial charge in [0, 0.05) is 12.0 Å². The summed E-state index contributed by atoms with van der Waals surface area (Å²) in [5.41, 5.74) is -0.910. The molecule has 6 nitrogen and oxygen atoms in total. The van der Waals surface area contributed by atoms with Crippen molar-refractivity contribution < 1.29 is 22.7 Å². The minimum absolute atomic E-state index is 0.0385. The minimum Gasteiger partial charge on any atom is -0.465 e. The molecule has 130 valence electrons. The van der Waals surface area contributed by atoms with Gasteiger partial charge in [0.1, 0.15) is 11.5 Å². The summed E-state index contributed by atoms with van der Waals surface area (Å²) in [6, 6.07) is 1.72. The fourth-order valence-electron chi connectivity index (χ4n) is 2.51. The molecule has 0 aromatic carbocycles.